The van der Waals surface area contributed by atoms with Gasteiger partial charge in [-0.2, -0.15) is 0 Å². The summed E-state index contributed by atoms with van der Waals surface area (Å²) in [5.41, 5.74) is 4.64. The minimum atomic E-state index is -1.39. The molecule has 5 rings (SSSR count). The Kier molecular flexibility index (Phi) is 4.38. The second-order valence-electron chi connectivity index (χ2n) is 9.47. The smallest absolute Gasteiger partial charge is 0.297 e. The number of urea groups is 1. The quantitative estimate of drug-likeness (QED) is 0.525. The lowest BCUT2D eigenvalue weighted by Gasteiger charge is -2.43. The van der Waals surface area contributed by atoms with E-state index in [4.69, 9.17) is 0 Å². The fraction of sp³-hybridized carbons (Fsp3) is 0.583. The molecule has 0 aromatic rings. The molecule has 2 saturated carbocycles. The highest BCUT2D eigenvalue weighted by molar-refractivity contribution is 6.21. The van der Waals surface area contributed by atoms with Crippen molar-refractivity contribution in [3.8, 4) is 0 Å². The van der Waals surface area contributed by atoms with Gasteiger partial charge in [-0.1, -0.05) is 28.4 Å². The molecule has 158 valence electrons. The van der Waals surface area contributed by atoms with Crippen LogP contribution in [0, 0.1) is 11.3 Å². The monoisotopic (exact) mass is 408 g/mol. The van der Waals surface area contributed by atoms with Crippen LogP contribution >= 0.6 is 0 Å². The molecule has 0 N–H and O–H groups in total. The van der Waals surface area contributed by atoms with Crippen molar-refractivity contribution in [2.24, 2.45) is 11.3 Å². The van der Waals surface area contributed by atoms with Crippen molar-refractivity contribution in [2.75, 3.05) is 13.6 Å². The van der Waals surface area contributed by atoms with Crippen LogP contribution in [0.2, 0.25) is 0 Å². The predicted molar refractivity (Wildman–Crippen MR) is 110 cm³/mol. The molecule has 1 heterocycles. The lowest BCUT2D eigenvalue weighted by molar-refractivity contribution is -0.155. The van der Waals surface area contributed by atoms with Gasteiger partial charge in [0.1, 0.15) is 5.41 Å². The van der Waals surface area contributed by atoms with Crippen molar-refractivity contribution in [1.82, 2.24) is 9.80 Å². The molecular weight excluding hydrogens is 380 g/mol. The molecular formula is C24H28N2O4. The number of Topliss-reactive ketones (excluding diaryl/α,β-unsaturated/α-hetero) is 1. The van der Waals surface area contributed by atoms with Crippen LogP contribution in [0.1, 0.15) is 64.7 Å². The van der Waals surface area contributed by atoms with E-state index in [0.29, 0.717) is 6.42 Å². The van der Waals surface area contributed by atoms with Gasteiger partial charge in [0.15, 0.2) is 5.78 Å². The Morgan fingerprint density at radius 1 is 1.00 bits per heavy atom. The number of nitrogens with zero attached hydrogens (tertiary/aromatic N) is 2. The van der Waals surface area contributed by atoms with Gasteiger partial charge in [-0.3, -0.25) is 24.2 Å². The summed E-state index contributed by atoms with van der Waals surface area (Å²) in [5.74, 6) is -1.37. The maximum absolute atomic E-state index is 13.5. The van der Waals surface area contributed by atoms with Crippen molar-refractivity contribution in [3.05, 3.63) is 33.9 Å². The average molecular weight is 408 g/mol. The first-order valence-electron chi connectivity index (χ1n) is 11.1. The van der Waals surface area contributed by atoms with Crippen LogP contribution in [0.25, 0.3) is 0 Å². The van der Waals surface area contributed by atoms with Gasteiger partial charge in [0.2, 0.25) is 5.91 Å². The van der Waals surface area contributed by atoms with Gasteiger partial charge in [0, 0.05) is 7.05 Å². The number of imide groups is 2. The third-order valence-electron chi connectivity index (χ3n) is 7.92. The first-order chi connectivity index (χ1) is 14.3. The Labute approximate surface area is 176 Å². The topological polar surface area (TPSA) is 74.8 Å². The van der Waals surface area contributed by atoms with Crippen LogP contribution in [0.3, 0.4) is 0 Å². The van der Waals surface area contributed by atoms with Crippen molar-refractivity contribution >= 4 is 23.6 Å². The molecule has 5 aliphatic rings. The largest absolute Gasteiger partial charge is 0.333 e. The molecule has 4 amide bonds. The van der Waals surface area contributed by atoms with Crippen LogP contribution in [-0.4, -0.2) is 47.0 Å². The summed E-state index contributed by atoms with van der Waals surface area (Å²) in [6, 6.07) is -0.686. The second kappa shape index (κ2) is 6.76. The van der Waals surface area contributed by atoms with Crippen LogP contribution in [0.4, 0.5) is 4.79 Å². The molecule has 30 heavy (non-hydrogen) atoms. The molecule has 1 saturated heterocycles. The number of amides is 4. The average Bonchev–Trinajstić information content (AvgIpc) is 3.33. The predicted octanol–water partition coefficient (Wildman–Crippen LogP) is 3.68. The number of hydrogen-bond acceptors (Lipinski definition) is 4. The summed E-state index contributed by atoms with van der Waals surface area (Å²) in [5, 5.41) is 0. The summed E-state index contributed by atoms with van der Waals surface area (Å²) in [6.07, 6.45) is 10.4. The summed E-state index contributed by atoms with van der Waals surface area (Å²) < 4.78 is 0. The Balaban J connectivity index is 1.45. The number of carbonyl (C=O) groups excluding carboxylic acids is 4. The molecule has 4 aliphatic carbocycles. The van der Waals surface area contributed by atoms with E-state index in [9.17, 15) is 19.2 Å². The zero-order chi connectivity index (χ0) is 21.2. The third kappa shape index (κ3) is 2.55. The maximum Gasteiger partial charge on any atom is 0.333 e. The summed E-state index contributed by atoms with van der Waals surface area (Å²) in [6.45, 7) is 1.37. The van der Waals surface area contributed by atoms with Gasteiger partial charge in [0.05, 0.1) is 12.5 Å². The molecule has 6 nitrogen and oxygen atoms in total. The van der Waals surface area contributed by atoms with Crippen molar-refractivity contribution in [3.63, 3.8) is 0 Å². The molecule has 1 unspecified atom stereocenters. The van der Waals surface area contributed by atoms with Crippen LogP contribution < -0.4 is 0 Å². The summed E-state index contributed by atoms with van der Waals surface area (Å²) >= 11 is 0. The highest BCUT2D eigenvalue weighted by atomic mass is 16.2. The summed E-state index contributed by atoms with van der Waals surface area (Å²) in [7, 11) is 1.41. The molecule has 0 radical (unpaired) electrons. The van der Waals surface area contributed by atoms with Crippen LogP contribution in [0.15, 0.2) is 33.9 Å². The van der Waals surface area contributed by atoms with E-state index in [1.54, 1.807) is 6.92 Å². The fourth-order valence-electron chi connectivity index (χ4n) is 6.21. The molecule has 0 aromatic carbocycles. The van der Waals surface area contributed by atoms with Gasteiger partial charge in [-0.05, 0) is 70.3 Å². The van der Waals surface area contributed by atoms with E-state index >= 15 is 0 Å². The lowest BCUT2D eigenvalue weighted by Crippen LogP contribution is -2.64. The minimum absolute atomic E-state index is 0.0847. The molecule has 6 heteroatoms. The minimum Gasteiger partial charge on any atom is -0.297 e. The normalized spacial score (nSPS) is 29.4. The molecule has 1 atom stereocenters. The molecule has 1 aliphatic heterocycles. The number of allylic oxidation sites excluding steroid dienone is 5. The Hall–Kier alpha value is -2.50. The number of carbonyl (C=O) groups is 4. The zero-order valence-corrected chi connectivity index (χ0v) is 17.8. The SMILES string of the molecule is CN1C(=O)N(CC(=O)C2C3=C4CCC(=C2CC3)C4)C(=O)C(C)(C2=CCCCC2)C1=O. The lowest BCUT2D eigenvalue weighted by atomic mass is 9.73. The standard InChI is InChI=1S/C24H28N2O4/c1-24(16-6-4-3-5-7-16)21(28)25(2)23(30)26(22(24)29)13-19(27)20-17-10-11-18(20)15-9-8-14(17)12-15/h6,20H,3-5,7-13H2,1-2H3. The van der Waals surface area contributed by atoms with Gasteiger partial charge in [-0.25, -0.2) is 4.79 Å². The van der Waals surface area contributed by atoms with E-state index in [1.807, 2.05) is 6.08 Å². The van der Waals surface area contributed by atoms with E-state index in [-0.39, 0.29) is 18.2 Å². The molecule has 0 aromatic heterocycles. The number of ketones is 1. The van der Waals surface area contributed by atoms with Crippen LogP contribution in [0.5, 0.6) is 0 Å². The van der Waals surface area contributed by atoms with Gasteiger partial charge in [-0.15, -0.1) is 0 Å². The van der Waals surface area contributed by atoms with E-state index in [0.717, 1.165) is 66.7 Å². The first-order valence-corrected chi connectivity index (χ1v) is 11.1. The number of fused-ring (bicyclic) bond motifs is 4. The fourth-order valence-corrected chi connectivity index (χ4v) is 6.21. The van der Waals surface area contributed by atoms with Gasteiger partial charge in [0.25, 0.3) is 5.91 Å². The first kappa shape index (κ1) is 19.5. The number of rotatable bonds is 4. The number of hydrogen-bond donors (Lipinski definition) is 0. The Morgan fingerprint density at radius 2 is 1.67 bits per heavy atom. The Morgan fingerprint density at radius 3 is 2.27 bits per heavy atom. The molecule has 0 spiro atoms. The molecule has 3 fully saturated rings. The third-order valence-corrected chi connectivity index (χ3v) is 7.92. The maximum atomic E-state index is 13.5. The highest BCUT2D eigenvalue weighted by Crippen LogP contribution is 2.52. The van der Waals surface area contributed by atoms with Gasteiger partial charge < -0.3 is 0 Å². The van der Waals surface area contributed by atoms with E-state index < -0.39 is 23.3 Å². The van der Waals surface area contributed by atoms with E-state index in [2.05, 4.69) is 0 Å². The highest BCUT2D eigenvalue weighted by Gasteiger charge is 2.56. The molecule has 4 bridgehead atoms. The summed E-state index contributed by atoms with van der Waals surface area (Å²) in [4.78, 5) is 54.8. The van der Waals surface area contributed by atoms with Crippen LogP contribution in [-0.2, 0) is 14.4 Å². The Bertz CT molecular complexity index is 957. The number of barbiturate groups is 1. The van der Waals surface area contributed by atoms with Crippen molar-refractivity contribution < 1.29 is 19.2 Å². The zero-order valence-electron chi connectivity index (χ0n) is 17.8. The van der Waals surface area contributed by atoms with Crippen molar-refractivity contribution in [2.45, 2.75) is 64.7 Å². The van der Waals surface area contributed by atoms with E-state index in [1.165, 1.54) is 29.3 Å². The van der Waals surface area contributed by atoms with Gasteiger partial charge >= 0.3 is 6.03 Å². The van der Waals surface area contributed by atoms with Crippen molar-refractivity contribution in [1.29, 1.82) is 0 Å². The second-order valence-corrected chi connectivity index (χ2v) is 9.47.